The highest BCUT2D eigenvalue weighted by molar-refractivity contribution is 5.27. The van der Waals surface area contributed by atoms with Crippen LogP contribution in [-0.2, 0) is 6.54 Å². The molecule has 1 unspecified atom stereocenters. The van der Waals surface area contributed by atoms with E-state index in [-0.39, 0.29) is 6.04 Å². The van der Waals surface area contributed by atoms with Crippen molar-refractivity contribution >= 4 is 0 Å². The van der Waals surface area contributed by atoms with Crippen molar-refractivity contribution in [2.24, 2.45) is 0 Å². The van der Waals surface area contributed by atoms with Crippen LogP contribution in [0.25, 0.3) is 0 Å². The van der Waals surface area contributed by atoms with Gasteiger partial charge < -0.3 is 5.32 Å². The summed E-state index contributed by atoms with van der Waals surface area (Å²) in [7, 11) is 1.99. The Morgan fingerprint density at radius 1 is 1.24 bits per heavy atom. The van der Waals surface area contributed by atoms with Crippen LogP contribution in [0.3, 0.4) is 0 Å². The van der Waals surface area contributed by atoms with Gasteiger partial charge >= 0.3 is 0 Å². The lowest BCUT2D eigenvalue weighted by Gasteiger charge is -2.18. The predicted molar refractivity (Wildman–Crippen MR) is 69.9 cm³/mol. The smallest absolute Gasteiger partial charge is 0.0745 e. The lowest BCUT2D eigenvalue weighted by atomic mass is 10.0. The van der Waals surface area contributed by atoms with Gasteiger partial charge in [-0.3, -0.25) is 4.68 Å². The van der Waals surface area contributed by atoms with Gasteiger partial charge in [0.05, 0.1) is 11.7 Å². The van der Waals surface area contributed by atoms with E-state index in [1.807, 2.05) is 19.3 Å². The molecular weight excluding hydrogens is 210 g/mol. The Morgan fingerprint density at radius 3 is 2.65 bits per heavy atom. The zero-order valence-electron chi connectivity index (χ0n) is 10.4. The molecule has 2 rings (SSSR count). The molecule has 0 aliphatic heterocycles. The van der Waals surface area contributed by atoms with Crippen LogP contribution in [0.15, 0.2) is 42.6 Å². The van der Waals surface area contributed by atoms with E-state index in [0.29, 0.717) is 0 Å². The summed E-state index contributed by atoms with van der Waals surface area (Å²) in [6, 6.07) is 12.8. The third-order valence-electron chi connectivity index (χ3n) is 2.90. The van der Waals surface area contributed by atoms with E-state index >= 15 is 0 Å². The fourth-order valence-corrected chi connectivity index (χ4v) is 2.12. The van der Waals surface area contributed by atoms with Gasteiger partial charge in [-0.1, -0.05) is 37.3 Å². The fraction of sp³-hybridized carbons (Fsp3) is 0.357. The van der Waals surface area contributed by atoms with Gasteiger partial charge in [0.2, 0.25) is 0 Å². The minimum Gasteiger partial charge on any atom is -0.308 e. The standard InChI is InChI=1S/C14H19N3/c1-3-11-17-13(9-10-16-17)14(15-2)12-7-5-4-6-8-12/h4-10,14-15H,3,11H2,1-2H3. The molecule has 0 saturated heterocycles. The van der Waals surface area contributed by atoms with Crippen LogP contribution in [0.5, 0.6) is 0 Å². The molecule has 1 heterocycles. The Labute approximate surface area is 102 Å². The van der Waals surface area contributed by atoms with Gasteiger partial charge in [0.15, 0.2) is 0 Å². The molecule has 0 amide bonds. The van der Waals surface area contributed by atoms with E-state index in [1.165, 1.54) is 11.3 Å². The Kier molecular flexibility index (Phi) is 3.94. The van der Waals surface area contributed by atoms with E-state index in [2.05, 4.69) is 52.4 Å². The van der Waals surface area contributed by atoms with Crippen LogP contribution in [0, 0.1) is 0 Å². The lowest BCUT2D eigenvalue weighted by Crippen LogP contribution is -2.21. The van der Waals surface area contributed by atoms with Crippen LogP contribution in [0.2, 0.25) is 0 Å². The van der Waals surface area contributed by atoms with Gasteiger partial charge in [-0.15, -0.1) is 0 Å². The molecule has 0 saturated carbocycles. The number of rotatable bonds is 5. The molecule has 3 heteroatoms. The molecule has 1 atom stereocenters. The van der Waals surface area contributed by atoms with Gasteiger partial charge in [-0.25, -0.2) is 0 Å². The molecule has 1 N–H and O–H groups in total. The summed E-state index contributed by atoms with van der Waals surface area (Å²) in [6.07, 6.45) is 2.97. The maximum Gasteiger partial charge on any atom is 0.0745 e. The highest BCUT2D eigenvalue weighted by atomic mass is 15.3. The maximum absolute atomic E-state index is 4.38. The number of aromatic nitrogens is 2. The van der Waals surface area contributed by atoms with Crippen molar-refractivity contribution in [3.05, 3.63) is 53.9 Å². The predicted octanol–water partition coefficient (Wildman–Crippen LogP) is 2.60. The molecule has 0 aliphatic rings. The largest absolute Gasteiger partial charge is 0.308 e. The first kappa shape index (κ1) is 11.9. The van der Waals surface area contributed by atoms with Crippen LogP contribution in [0.1, 0.15) is 30.6 Å². The molecule has 1 aromatic carbocycles. The topological polar surface area (TPSA) is 29.9 Å². The van der Waals surface area contributed by atoms with Crippen molar-refractivity contribution in [2.75, 3.05) is 7.05 Å². The molecule has 90 valence electrons. The summed E-state index contributed by atoms with van der Waals surface area (Å²) < 4.78 is 2.08. The number of nitrogens with zero attached hydrogens (tertiary/aromatic N) is 2. The molecule has 2 aromatic rings. The number of hydrogen-bond donors (Lipinski definition) is 1. The lowest BCUT2D eigenvalue weighted by molar-refractivity contribution is 0.534. The Morgan fingerprint density at radius 2 is 2.00 bits per heavy atom. The highest BCUT2D eigenvalue weighted by Gasteiger charge is 2.15. The Hall–Kier alpha value is -1.61. The molecule has 17 heavy (non-hydrogen) atoms. The monoisotopic (exact) mass is 229 g/mol. The maximum atomic E-state index is 4.38. The van der Waals surface area contributed by atoms with Crippen molar-refractivity contribution < 1.29 is 0 Å². The third-order valence-corrected chi connectivity index (χ3v) is 2.90. The average molecular weight is 229 g/mol. The second-order valence-electron chi connectivity index (χ2n) is 4.11. The first-order valence-corrected chi connectivity index (χ1v) is 6.10. The molecule has 0 aliphatic carbocycles. The van der Waals surface area contributed by atoms with E-state index in [9.17, 15) is 0 Å². The number of aryl methyl sites for hydroxylation is 1. The first-order chi connectivity index (χ1) is 8.36. The van der Waals surface area contributed by atoms with Crippen LogP contribution in [-0.4, -0.2) is 16.8 Å². The first-order valence-electron chi connectivity index (χ1n) is 6.10. The number of nitrogens with one attached hydrogen (secondary N) is 1. The van der Waals surface area contributed by atoms with E-state index < -0.39 is 0 Å². The summed E-state index contributed by atoms with van der Waals surface area (Å²) in [4.78, 5) is 0. The van der Waals surface area contributed by atoms with E-state index in [1.54, 1.807) is 0 Å². The minimum atomic E-state index is 0.213. The van der Waals surface area contributed by atoms with Gasteiger partial charge in [-0.05, 0) is 25.1 Å². The zero-order chi connectivity index (χ0) is 12.1. The SMILES string of the molecule is CCCn1nccc1C(NC)c1ccccc1. The van der Waals surface area contributed by atoms with Crippen molar-refractivity contribution in [3.63, 3.8) is 0 Å². The van der Waals surface area contributed by atoms with Gasteiger partial charge in [-0.2, -0.15) is 5.10 Å². The molecule has 0 radical (unpaired) electrons. The molecular formula is C14H19N3. The van der Waals surface area contributed by atoms with Gasteiger partial charge in [0.1, 0.15) is 0 Å². The third kappa shape index (κ3) is 2.56. The van der Waals surface area contributed by atoms with Crippen molar-refractivity contribution in [3.8, 4) is 0 Å². The quantitative estimate of drug-likeness (QED) is 0.854. The molecule has 0 bridgehead atoms. The Balaban J connectivity index is 2.32. The summed E-state index contributed by atoms with van der Waals surface area (Å²) in [5.74, 6) is 0. The summed E-state index contributed by atoms with van der Waals surface area (Å²) in [5, 5.41) is 7.74. The van der Waals surface area contributed by atoms with Gasteiger partial charge in [0, 0.05) is 12.7 Å². The molecule has 1 aromatic heterocycles. The highest BCUT2D eigenvalue weighted by Crippen LogP contribution is 2.21. The Bertz CT molecular complexity index is 448. The molecule has 0 spiro atoms. The van der Waals surface area contributed by atoms with Gasteiger partial charge in [0.25, 0.3) is 0 Å². The van der Waals surface area contributed by atoms with Crippen LogP contribution < -0.4 is 5.32 Å². The second-order valence-corrected chi connectivity index (χ2v) is 4.11. The molecule has 3 nitrogen and oxygen atoms in total. The van der Waals surface area contributed by atoms with Crippen molar-refractivity contribution in [2.45, 2.75) is 25.9 Å². The summed E-state index contributed by atoms with van der Waals surface area (Å²) >= 11 is 0. The summed E-state index contributed by atoms with van der Waals surface area (Å²) in [6.45, 7) is 3.13. The molecule has 0 fully saturated rings. The van der Waals surface area contributed by atoms with Crippen molar-refractivity contribution in [1.29, 1.82) is 0 Å². The van der Waals surface area contributed by atoms with Crippen molar-refractivity contribution in [1.82, 2.24) is 15.1 Å². The fourth-order valence-electron chi connectivity index (χ4n) is 2.12. The van der Waals surface area contributed by atoms with E-state index in [4.69, 9.17) is 0 Å². The van der Waals surface area contributed by atoms with Crippen LogP contribution >= 0.6 is 0 Å². The van der Waals surface area contributed by atoms with Crippen LogP contribution in [0.4, 0.5) is 0 Å². The zero-order valence-corrected chi connectivity index (χ0v) is 10.4. The average Bonchev–Trinajstić information content (AvgIpc) is 2.81. The minimum absolute atomic E-state index is 0.213. The number of hydrogen-bond acceptors (Lipinski definition) is 2. The number of benzene rings is 1. The second kappa shape index (κ2) is 5.64. The van der Waals surface area contributed by atoms with E-state index in [0.717, 1.165) is 13.0 Å². The summed E-state index contributed by atoms with van der Waals surface area (Å²) in [5.41, 5.74) is 2.49. The normalized spacial score (nSPS) is 12.6.